The zero-order chi connectivity index (χ0) is 21.6. The summed E-state index contributed by atoms with van der Waals surface area (Å²) in [6, 6.07) is 17.9. The second-order valence-corrected chi connectivity index (χ2v) is 6.63. The SMILES string of the molecule is O=C(O)C[C@H](CCCNC(=O)OCc1ccccc1)NC(=O)OCc1ccccc1. The molecule has 2 aromatic rings. The summed E-state index contributed by atoms with van der Waals surface area (Å²) in [5.41, 5.74) is 1.72. The predicted octanol–water partition coefficient (Wildman–Crippen LogP) is 3.46. The molecule has 0 aliphatic rings. The number of hydrogen-bond acceptors (Lipinski definition) is 5. The van der Waals surface area contributed by atoms with Crippen LogP contribution in [0.4, 0.5) is 9.59 Å². The Morgan fingerprint density at radius 1 is 0.833 bits per heavy atom. The van der Waals surface area contributed by atoms with Gasteiger partial charge >= 0.3 is 18.2 Å². The third-order valence-corrected chi connectivity index (χ3v) is 4.17. The molecule has 0 aliphatic heterocycles. The number of benzene rings is 2. The lowest BCUT2D eigenvalue weighted by Crippen LogP contribution is -2.37. The van der Waals surface area contributed by atoms with Gasteiger partial charge in [0.15, 0.2) is 0 Å². The Hall–Kier alpha value is -3.55. The first-order valence-corrected chi connectivity index (χ1v) is 9.66. The predicted molar refractivity (Wildman–Crippen MR) is 110 cm³/mol. The van der Waals surface area contributed by atoms with Crippen LogP contribution in [-0.2, 0) is 27.5 Å². The molecule has 0 spiro atoms. The van der Waals surface area contributed by atoms with Gasteiger partial charge in [0.2, 0.25) is 0 Å². The molecule has 0 heterocycles. The van der Waals surface area contributed by atoms with E-state index in [1.165, 1.54) is 0 Å². The normalized spacial score (nSPS) is 11.2. The van der Waals surface area contributed by atoms with Crippen LogP contribution in [0.3, 0.4) is 0 Å². The molecule has 8 heteroatoms. The molecule has 0 aliphatic carbocycles. The molecule has 0 fully saturated rings. The highest BCUT2D eigenvalue weighted by atomic mass is 16.6. The van der Waals surface area contributed by atoms with Crippen molar-refractivity contribution in [2.45, 2.75) is 38.5 Å². The molecule has 0 saturated heterocycles. The quantitative estimate of drug-likeness (QED) is 0.485. The molecule has 8 nitrogen and oxygen atoms in total. The van der Waals surface area contributed by atoms with Gasteiger partial charge in [0, 0.05) is 12.6 Å². The first-order chi connectivity index (χ1) is 14.5. The monoisotopic (exact) mass is 414 g/mol. The third kappa shape index (κ3) is 9.59. The molecular weight excluding hydrogens is 388 g/mol. The van der Waals surface area contributed by atoms with Crippen molar-refractivity contribution in [3.8, 4) is 0 Å². The molecule has 0 aromatic heterocycles. The molecule has 0 radical (unpaired) electrons. The number of carbonyl (C=O) groups excluding carboxylic acids is 2. The maximum Gasteiger partial charge on any atom is 0.407 e. The van der Waals surface area contributed by atoms with E-state index in [-0.39, 0.29) is 19.6 Å². The van der Waals surface area contributed by atoms with E-state index in [0.717, 1.165) is 11.1 Å². The van der Waals surface area contributed by atoms with Gasteiger partial charge in [-0.2, -0.15) is 0 Å². The molecule has 2 aromatic carbocycles. The minimum atomic E-state index is -1.03. The number of aliphatic carboxylic acids is 1. The van der Waals surface area contributed by atoms with Gasteiger partial charge in [0.05, 0.1) is 6.42 Å². The van der Waals surface area contributed by atoms with Gasteiger partial charge in [0.1, 0.15) is 13.2 Å². The number of nitrogens with one attached hydrogen (secondary N) is 2. The highest BCUT2D eigenvalue weighted by Crippen LogP contribution is 2.05. The summed E-state index contributed by atoms with van der Waals surface area (Å²) in [4.78, 5) is 34.7. The number of carboxylic acids is 1. The second kappa shape index (κ2) is 12.8. The summed E-state index contributed by atoms with van der Waals surface area (Å²) < 4.78 is 10.2. The standard InChI is InChI=1S/C22H26N2O6/c25-20(26)14-19(24-22(28)30-16-18-10-5-2-6-11-18)12-7-13-23-21(27)29-15-17-8-3-1-4-9-17/h1-6,8-11,19H,7,12-16H2,(H,23,27)(H,24,28)(H,25,26)/t19-/m0/s1. The van der Waals surface area contributed by atoms with Crippen molar-refractivity contribution in [3.05, 3.63) is 71.8 Å². The van der Waals surface area contributed by atoms with E-state index >= 15 is 0 Å². The average Bonchev–Trinajstić information content (AvgIpc) is 2.75. The summed E-state index contributed by atoms with van der Waals surface area (Å²) in [6.07, 6.45) is -0.633. The molecule has 0 bridgehead atoms. The van der Waals surface area contributed by atoms with E-state index in [1.54, 1.807) is 0 Å². The van der Waals surface area contributed by atoms with E-state index < -0.39 is 24.2 Å². The molecule has 1 atom stereocenters. The van der Waals surface area contributed by atoms with Gasteiger partial charge in [-0.1, -0.05) is 60.7 Å². The molecule has 160 valence electrons. The van der Waals surface area contributed by atoms with Gasteiger partial charge in [-0.25, -0.2) is 9.59 Å². The van der Waals surface area contributed by atoms with Crippen molar-refractivity contribution in [2.24, 2.45) is 0 Å². The smallest absolute Gasteiger partial charge is 0.407 e. The molecule has 2 amide bonds. The fourth-order valence-electron chi connectivity index (χ4n) is 2.68. The molecule has 0 unspecified atom stereocenters. The van der Waals surface area contributed by atoms with E-state index in [1.807, 2.05) is 60.7 Å². The lowest BCUT2D eigenvalue weighted by molar-refractivity contribution is -0.137. The number of alkyl carbamates (subject to hydrolysis) is 2. The van der Waals surface area contributed by atoms with Crippen LogP contribution in [-0.4, -0.2) is 35.8 Å². The summed E-state index contributed by atoms with van der Waals surface area (Å²) in [6.45, 7) is 0.564. The Balaban J connectivity index is 1.66. The number of ether oxygens (including phenoxy) is 2. The average molecular weight is 414 g/mol. The highest BCUT2D eigenvalue weighted by Gasteiger charge is 2.17. The van der Waals surface area contributed by atoms with Gasteiger partial charge in [0.25, 0.3) is 0 Å². The van der Waals surface area contributed by atoms with Gasteiger partial charge < -0.3 is 25.2 Å². The maximum atomic E-state index is 12.0. The van der Waals surface area contributed by atoms with Crippen LogP contribution >= 0.6 is 0 Å². The Labute approximate surface area is 175 Å². The Kier molecular flexibility index (Phi) is 9.72. The maximum absolute atomic E-state index is 12.0. The molecule has 0 saturated carbocycles. The van der Waals surface area contributed by atoms with E-state index in [9.17, 15) is 14.4 Å². The lowest BCUT2D eigenvalue weighted by atomic mass is 10.1. The zero-order valence-electron chi connectivity index (χ0n) is 16.6. The summed E-state index contributed by atoms with van der Waals surface area (Å²) in [5.74, 6) is -1.03. The van der Waals surface area contributed by atoms with E-state index in [4.69, 9.17) is 14.6 Å². The first-order valence-electron chi connectivity index (χ1n) is 9.66. The number of carbonyl (C=O) groups is 3. The molecule has 3 N–H and O–H groups in total. The fraction of sp³-hybridized carbons (Fsp3) is 0.318. The molecule has 30 heavy (non-hydrogen) atoms. The first kappa shape index (κ1) is 22.7. The summed E-state index contributed by atoms with van der Waals surface area (Å²) in [7, 11) is 0. The van der Waals surface area contributed by atoms with Gasteiger partial charge in [-0.05, 0) is 24.0 Å². The van der Waals surface area contributed by atoms with Crippen molar-refractivity contribution >= 4 is 18.2 Å². The van der Waals surface area contributed by atoms with Crippen LogP contribution in [0.1, 0.15) is 30.4 Å². The number of hydrogen-bond donors (Lipinski definition) is 3. The van der Waals surface area contributed by atoms with E-state index in [0.29, 0.717) is 19.4 Å². The van der Waals surface area contributed by atoms with Crippen LogP contribution in [0.2, 0.25) is 0 Å². The Morgan fingerprint density at radius 3 is 1.90 bits per heavy atom. The second-order valence-electron chi connectivity index (χ2n) is 6.63. The van der Waals surface area contributed by atoms with Crippen LogP contribution in [0.15, 0.2) is 60.7 Å². The van der Waals surface area contributed by atoms with Crippen molar-refractivity contribution in [1.82, 2.24) is 10.6 Å². The number of carboxylic acid groups (broad SMARTS) is 1. The number of amides is 2. The van der Waals surface area contributed by atoms with Crippen molar-refractivity contribution in [1.29, 1.82) is 0 Å². The zero-order valence-corrected chi connectivity index (χ0v) is 16.6. The van der Waals surface area contributed by atoms with E-state index in [2.05, 4.69) is 10.6 Å². The third-order valence-electron chi connectivity index (χ3n) is 4.17. The minimum absolute atomic E-state index is 0.0985. The summed E-state index contributed by atoms with van der Waals surface area (Å²) in [5, 5.41) is 14.2. The molecule has 2 rings (SSSR count). The Bertz CT molecular complexity index is 798. The van der Waals surface area contributed by atoms with Crippen LogP contribution in [0.5, 0.6) is 0 Å². The minimum Gasteiger partial charge on any atom is -0.481 e. The lowest BCUT2D eigenvalue weighted by Gasteiger charge is -2.17. The molecular formula is C22H26N2O6. The Morgan fingerprint density at radius 2 is 1.37 bits per heavy atom. The van der Waals surface area contributed by atoms with Crippen molar-refractivity contribution < 1.29 is 29.0 Å². The highest BCUT2D eigenvalue weighted by molar-refractivity contribution is 5.71. The van der Waals surface area contributed by atoms with Crippen molar-refractivity contribution in [2.75, 3.05) is 6.54 Å². The summed E-state index contributed by atoms with van der Waals surface area (Å²) >= 11 is 0. The topological polar surface area (TPSA) is 114 Å². The van der Waals surface area contributed by atoms with Crippen LogP contribution in [0.25, 0.3) is 0 Å². The fourth-order valence-corrected chi connectivity index (χ4v) is 2.68. The van der Waals surface area contributed by atoms with Crippen molar-refractivity contribution in [3.63, 3.8) is 0 Å². The van der Waals surface area contributed by atoms with Crippen LogP contribution < -0.4 is 10.6 Å². The van der Waals surface area contributed by atoms with Gasteiger partial charge in [-0.15, -0.1) is 0 Å². The van der Waals surface area contributed by atoms with Crippen LogP contribution in [0, 0.1) is 0 Å². The largest absolute Gasteiger partial charge is 0.481 e. The van der Waals surface area contributed by atoms with Gasteiger partial charge in [-0.3, -0.25) is 4.79 Å². The number of rotatable bonds is 11.